The van der Waals surface area contributed by atoms with Crippen molar-refractivity contribution in [2.45, 2.75) is 42.9 Å². The van der Waals surface area contributed by atoms with Gasteiger partial charge in [-0.2, -0.15) is 26.3 Å². The first kappa shape index (κ1) is 22.3. The Morgan fingerprint density at radius 3 is 2.27 bits per heavy atom. The molecule has 0 aliphatic carbocycles. The molecule has 2 heterocycles. The minimum absolute atomic E-state index is 0.0127. The Labute approximate surface area is 171 Å². The van der Waals surface area contributed by atoms with Gasteiger partial charge in [-0.25, -0.2) is 9.78 Å². The molecule has 164 valence electrons. The number of fused-ring (bicyclic) bond motifs is 1. The van der Waals surface area contributed by atoms with E-state index in [4.69, 9.17) is 0 Å². The molecule has 30 heavy (non-hydrogen) atoms. The fourth-order valence-corrected chi connectivity index (χ4v) is 4.15. The first-order valence-electron chi connectivity index (χ1n) is 8.80. The van der Waals surface area contributed by atoms with Gasteiger partial charge < -0.3 is 9.67 Å². The molecule has 1 aliphatic heterocycles. The Bertz CT molecular complexity index is 924. The first-order chi connectivity index (χ1) is 13.9. The zero-order valence-electron chi connectivity index (χ0n) is 15.6. The van der Waals surface area contributed by atoms with Crippen LogP contribution in [0.1, 0.15) is 35.0 Å². The van der Waals surface area contributed by atoms with E-state index in [9.17, 15) is 36.2 Å². The third-order valence-electron chi connectivity index (χ3n) is 4.91. The molecule has 0 fully saturated rings. The van der Waals surface area contributed by atoms with Gasteiger partial charge in [0.25, 0.3) is 0 Å². The molecule has 0 radical (unpaired) electrons. The molecule has 12 heteroatoms. The molecule has 1 unspecified atom stereocenters. The fraction of sp³-hybridized carbons (Fsp3) is 0.444. The van der Waals surface area contributed by atoms with Crippen LogP contribution in [0.4, 0.5) is 31.1 Å². The van der Waals surface area contributed by atoms with Crippen LogP contribution in [0.5, 0.6) is 0 Å². The van der Waals surface area contributed by atoms with E-state index in [1.54, 1.807) is 6.26 Å². The van der Waals surface area contributed by atoms with Gasteiger partial charge in [-0.3, -0.25) is 4.90 Å². The lowest BCUT2D eigenvalue weighted by Crippen LogP contribution is -2.42. The molecule has 0 bridgehead atoms. The molecule has 1 atom stereocenters. The molecule has 2 aromatic rings. The highest BCUT2D eigenvalue weighted by Gasteiger charge is 2.44. The molecule has 5 nitrogen and oxygen atoms in total. The third-order valence-corrected chi connectivity index (χ3v) is 5.59. The molecular weight excluding hydrogens is 436 g/mol. The quantitative estimate of drug-likeness (QED) is 0.504. The zero-order chi connectivity index (χ0) is 22.3. The van der Waals surface area contributed by atoms with E-state index in [1.807, 2.05) is 0 Å². The van der Waals surface area contributed by atoms with Gasteiger partial charge in [-0.1, -0.05) is 23.9 Å². The van der Waals surface area contributed by atoms with E-state index in [0.29, 0.717) is 5.56 Å². The lowest BCUT2D eigenvalue weighted by Gasteiger charge is -2.35. The number of nitrogens with zero attached hydrogens (tertiary/aromatic N) is 3. The van der Waals surface area contributed by atoms with Crippen LogP contribution in [-0.2, 0) is 25.3 Å². The highest BCUT2D eigenvalue weighted by Crippen LogP contribution is 2.42. The van der Waals surface area contributed by atoms with Gasteiger partial charge in [0.05, 0.1) is 17.3 Å². The topological polar surface area (TPSA) is 58.4 Å². The highest BCUT2D eigenvalue weighted by atomic mass is 32.2. The minimum Gasteiger partial charge on any atom is -0.465 e. The molecule has 0 saturated heterocycles. The van der Waals surface area contributed by atoms with Crippen LogP contribution in [-0.4, -0.2) is 38.5 Å². The predicted molar refractivity (Wildman–Crippen MR) is 96.2 cm³/mol. The molecule has 1 amide bonds. The van der Waals surface area contributed by atoms with Gasteiger partial charge in [-0.05, 0) is 36.8 Å². The highest BCUT2D eigenvalue weighted by molar-refractivity contribution is 7.98. The lowest BCUT2D eigenvalue weighted by molar-refractivity contribution is -0.142. The van der Waals surface area contributed by atoms with Crippen LogP contribution in [0, 0.1) is 0 Å². The minimum atomic E-state index is -4.76. The van der Waals surface area contributed by atoms with E-state index in [-0.39, 0.29) is 36.8 Å². The SMILES string of the molecule is CSc1nc(C(F)(F)F)c2n1CCN(C(=O)O)C2CCc1ccc(C(F)(F)F)cc1. The molecule has 1 aromatic heterocycles. The second-order valence-electron chi connectivity index (χ2n) is 6.71. The smallest absolute Gasteiger partial charge is 0.435 e. The maximum atomic E-state index is 13.6. The summed E-state index contributed by atoms with van der Waals surface area (Å²) in [5, 5.41) is 9.64. The van der Waals surface area contributed by atoms with Crippen molar-refractivity contribution >= 4 is 17.9 Å². The molecule has 1 N–H and O–H groups in total. The number of amides is 1. The van der Waals surface area contributed by atoms with E-state index in [1.165, 1.54) is 16.7 Å². The summed E-state index contributed by atoms with van der Waals surface area (Å²) in [6.45, 7) is 0.0267. The largest absolute Gasteiger partial charge is 0.465 e. The van der Waals surface area contributed by atoms with Gasteiger partial charge in [0, 0.05) is 13.1 Å². The van der Waals surface area contributed by atoms with Gasteiger partial charge in [0.15, 0.2) is 10.9 Å². The van der Waals surface area contributed by atoms with Crippen molar-refractivity contribution in [1.82, 2.24) is 14.5 Å². The molecular formula is C18H17F6N3O2S. The number of carbonyl (C=O) groups is 1. The van der Waals surface area contributed by atoms with Crippen LogP contribution in [0.2, 0.25) is 0 Å². The number of halogens is 6. The monoisotopic (exact) mass is 453 g/mol. The summed E-state index contributed by atoms with van der Waals surface area (Å²) in [6.07, 6.45) is -8.97. The molecule has 0 saturated carbocycles. The standard InChI is InChI=1S/C18H17F6N3O2S/c1-30-15-25-14(18(22,23)24)13-12(26(16(28)29)8-9-27(13)15)7-4-10-2-5-11(6-3-10)17(19,20)21/h2-3,5-6,12H,4,7-9H2,1H3,(H,28,29). The van der Waals surface area contributed by atoms with Crippen LogP contribution in [0.15, 0.2) is 29.4 Å². The summed E-state index contributed by atoms with van der Waals surface area (Å²) in [4.78, 5) is 16.3. The van der Waals surface area contributed by atoms with Crippen LogP contribution >= 0.6 is 11.8 Å². The van der Waals surface area contributed by atoms with Crippen molar-refractivity contribution in [1.29, 1.82) is 0 Å². The first-order valence-corrected chi connectivity index (χ1v) is 10.0. The van der Waals surface area contributed by atoms with E-state index in [0.717, 1.165) is 28.8 Å². The van der Waals surface area contributed by atoms with Gasteiger partial charge in [0.1, 0.15) is 0 Å². The van der Waals surface area contributed by atoms with E-state index >= 15 is 0 Å². The lowest BCUT2D eigenvalue weighted by atomic mass is 9.98. The van der Waals surface area contributed by atoms with Crippen molar-refractivity contribution in [3.8, 4) is 0 Å². The summed E-state index contributed by atoms with van der Waals surface area (Å²) in [6, 6.07) is 3.15. The Hall–Kier alpha value is -2.37. The van der Waals surface area contributed by atoms with E-state index in [2.05, 4.69) is 4.98 Å². The van der Waals surface area contributed by atoms with Gasteiger partial charge >= 0.3 is 18.4 Å². The number of aromatic nitrogens is 2. The number of aryl methyl sites for hydroxylation is 1. The number of imidazole rings is 1. The number of thioether (sulfide) groups is 1. The second-order valence-corrected chi connectivity index (χ2v) is 7.48. The molecule has 1 aromatic carbocycles. The third kappa shape index (κ3) is 4.37. The number of alkyl halides is 6. The van der Waals surface area contributed by atoms with Crippen molar-refractivity contribution in [3.05, 3.63) is 46.8 Å². The maximum absolute atomic E-state index is 13.6. The maximum Gasteiger partial charge on any atom is 0.435 e. The van der Waals surface area contributed by atoms with Gasteiger partial charge in [0.2, 0.25) is 0 Å². The Balaban J connectivity index is 1.94. The number of rotatable bonds is 4. The Morgan fingerprint density at radius 1 is 1.13 bits per heavy atom. The average molecular weight is 453 g/mol. The van der Waals surface area contributed by atoms with Crippen LogP contribution in [0.25, 0.3) is 0 Å². The molecule has 1 aliphatic rings. The zero-order valence-corrected chi connectivity index (χ0v) is 16.4. The summed E-state index contributed by atoms with van der Waals surface area (Å²) < 4.78 is 80.3. The van der Waals surface area contributed by atoms with Crippen LogP contribution < -0.4 is 0 Å². The van der Waals surface area contributed by atoms with Crippen molar-refractivity contribution in [2.75, 3.05) is 12.8 Å². The summed E-state index contributed by atoms with van der Waals surface area (Å²) in [5.41, 5.74) is -1.73. The van der Waals surface area contributed by atoms with Crippen molar-refractivity contribution in [2.24, 2.45) is 0 Å². The molecule has 3 rings (SSSR count). The van der Waals surface area contributed by atoms with Crippen molar-refractivity contribution < 1.29 is 36.2 Å². The Morgan fingerprint density at radius 2 is 1.77 bits per heavy atom. The number of hydrogen-bond acceptors (Lipinski definition) is 3. The fourth-order valence-electron chi connectivity index (χ4n) is 3.56. The summed E-state index contributed by atoms with van der Waals surface area (Å²) in [7, 11) is 0. The van der Waals surface area contributed by atoms with Crippen molar-refractivity contribution in [3.63, 3.8) is 0 Å². The summed E-state index contributed by atoms with van der Waals surface area (Å²) in [5.74, 6) is 0. The summed E-state index contributed by atoms with van der Waals surface area (Å²) >= 11 is 1.03. The number of carboxylic acid groups (broad SMARTS) is 1. The number of hydrogen-bond donors (Lipinski definition) is 1. The van der Waals surface area contributed by atoms with E-state index < -0.39 is 35.7 Å². The molecule has 0 spiro atoms. The van der Waals surface area contributed by atoms with Gasteiger partial charge in [-0.15, -0.1) is 0 Å². The normalized spacial score (nSPS) is 17.2. The average Bonchev–Trinajstić information content (AvgIpc) is 3.05. The second kappa shape index (κ2) is 8.05. The van der Waals surface area contributed by atoms with Crippen LogP contribution in [0.3, 0.4) is 0 Å². The predicted octanol–water partition coefficient (Wildman–Crippen LogP) is 5.31. The Kier molecular flexibility index (Phi) is 5.99. The number of benzene rings is 1.